The summed E-state index contributed by atoms with van der Waals surface area (Å²) in [5.41, 5.74) is 0.842. The van der Waals surface area contributed by atoms with Crippen molar-refractivity contribution in [3.63, 3.8) is 0 Å². The molecule has 0 spiro atoms. The lowest BCUT2D eigenvalue weighted by molar-refractivity contribution is -0.129. The summed E-state index contributed by atoms with van der Waals surface area (Å²) < 4.78 is 0. The van der Waals surface area contributed by atoms with Crippen molar-refractivity contribution in [2.75, 3.05) is 6.54 Å². The highest BCUT2D eigenvalue weighted by Gasteiger charge is 2.36. The predicted molar refractivity (Wildman–Crippen MR) is 82.4 cm³/mol. The highest BCUT2D eigenvalue weighted by molar-refractivity contribution is 8.18. The minimum Gasteiger partial charge on any atom is -0.352 e. The molecule has 1 saturated heterocycles. The highest BCUT2D eigenvalue weighted by Crippen LogP contribution is 2.31. The summed E-state index contributed by atoms with van der Waals surface area (Å²) in [6.07, 6.45) is 1.66. The third-order valence-corrected chi connectivity index (χ3v) is 3.63. The van der Waals surface area contributed by atoms with E-state index in [0.29, 0.717) is 4.91 Å². The number of benzene rings is 1. The normalized spacial score (nSPS) is 16.9. The van der Waals surface area contributed by atoms with Crippen LogP contribution in [-0.4, -0.2) is 34.5 Å². The van der Waals surface area contributed by atoms with E-state index in [1.54, 1.807) is 6.08 Å². The van der Waals surface area contributed by atoms with Crippen LogP contribution in [0.2, 0.25) is 0 Å². The van der Waals surface area contributed by atoms with Crippen LogP contribution in [0.25, 0.3) is 6.08 Å². The van der Waals surface area contributed by atoms with Crippen LogP contribution in [0.3, 0.4) is 0 Å². The Morgan fingerprint density at radius 2 is 1.95 bits per heavy atom. The Labute approximate surface area is 127 Å². The quantitative estimate of drug-likeness (QED) is 0.866. The molecule has 6 heteroatoms. The summed E-state index contributed by atoms with van der Waals surface area (Å²) in [6.45, 7) is 3.40. The smallest absolute Gasteiger partial charge is 0.294 e. The monoisotopic (exact) mass is 304 g/mol. The lowest BCUT2D eigenvalue weighted by Crippen LogP contribution is -2.41. The molecule has 1 N–H and O–H groups in total. The van der Waals surface area contributed by atoms with Crippen LogP contribution in [-0.2, 0) is 9.59 Å². The molecule has 1 fully saturated rings. The maximum atomic E-state index is 12.2. The van der Waals surface area contributed by atoms with Crippen molar-refractivity contribution >= 4 is 34.9 Å². The van der Waals surface area contributed by atoms with Crippen molar-refractivity contribution < 1.29 is 14.4 Å². The third-order valence-electron chi connectivity index (χ3n) is 2.72. The summed E-state index contributed by atoms with van der Waals surface area (Å²) in [7, 11) is 0. The summed E-state index contributed by atoms with van der Waals surface area (Å²) in [5.74, 6) is -0.763. The predicted octanol–water partition coefficient (Wildman–Crippen LogP) is 2.25. The van der Waals surface area contributed by atoms with Gasteiger partial charge in [0.2, 0.25) is 5.91 Å². The minimum atomic E-state index is -0.423. The van der Waals surface area contributed by atoms with E-state index in [9.17, 15) is 14.4 Å². The first-order valence-electron chi connectivity index (χ1n) is 6.57. The molecule has 110 valence electrons. The molecule has 0 bridgehead atoms. The van der Waals surface area contributed by atoms with Gasteiger partial charge in [0.25, 0.3) is 11.1 Å². The molecule has 1 aliphatic rings. The first-order chi connectivity index (χ1) is 9.97. The van der Waals surface area contributed by atoms with Gasteiger partial charge < -0.3 is 5.32 Å². The molecule has 0 saturated carbocycles. The molecule has 0 atom stereocenters. The van der Waals surface area contributed by atoms with Crippen LogP contribution in [0.5, 0.6) is 0 Å². The van der Waals surface area contributed by atoms with Crippen LogP contribution in [0, 0.1) is 0 Å². The Bertz CT molecular complexity index is 596. The zero-order valence-electron chi connectivity index (χ0n) is 11.8. The standard InChI is InChI=1S/C15H16N2O3S/c1-10(2)16-13(18)9-17-14(19)12(21-15(17)20)8-11-6-4-3-5-7-11/h3-8,10H,9H2,1-2H3,(H,16,18)/b12-8+. The van der Waals surface area contributed by atoms with Gasteiger partial charge in [0.15, 0.2) is 0 Å². The van der Waals surface area contributed by atoms with Gasteiger partial charge in [0.1, 0.15) is 6.54 Å². The summed E-state index contributed by atoms with van der Waals surface area (Å²) in [4.78, 5) is 37.0. The number of nitrogens with zero attached hydrogens (tertiary/aromatic N) is 1. The molecule has 1 heterocycles. The Morgan fingerprint density at radius 1 is 1.29 bits per heavy atom. The van der Waals surface area contributed by atoms with Gasteiger partial charge in [0.05, 0.1) is 4.91 Å². The second-order valence-electron chi connectivity index (χ2n) is 4.90. The van der Waals surface area contributed by atoms with Crippen LogP contribution in [0.1, 0.15) is 19.4 Å². The molecule has 0 aromatic heterocycles. The fourth-order valence-electron chi connectivity index (χ4n) is 1.85. The van der Waals surface area contributed by atoms with Crippen molar-refractivity contribution in [1.82, 2.24) is 10.2 Å². The lowest BCUT2D eigenvalue weighted by atomic mass is 10.2. The first kappa shape index (κ1) is 15.3. The number of thioether (sulfide) groups is 1. The third kappa shape index (κ3) is 3.95. The molecule has 1 aromatic carbocycles. The molecule has 21 heavy (non-hydrogen) atoms. The van der Waals surface area contributed by atoms with E-state index in [2.05, 4.69) is 5.32 Å². The van der Waals surface area contributed by atoms with Crippen molar-refractivity contribution in [2.45, 2.75) is 19.9 Å². The molecule has 0 aliphatic carbocycles. The van der Waals surface area contributed by atoms with Gasteiger partial charge in [-0.3, -0.25) is 19.3 Å². The van der Waals surface area contributed by atoms with Gasteiger partial charge in [-0.15, -0.1) is 0 Å². The summed E-state index contributed by atoms with van der Waals surface area (Å²) in [5, 5.41) is 2.25. The van der Waals surface area contributed by atoms with E-state index in [1.165, 1.54) is 0 Å². The molecule has 1 aliphatic heterocycles. The molecule has 0 radical (unpaired) electrons. The fraction of sp³-hybridized carbons (Fsp3) is 0.267. The Morgan fingerprint density at radius 3 is 2.57 bits per heavy atom. The Hall–Kier alpha value is -2.08. The van der Waals surface area contributed by atoms with E-state index in [1.807, 2.05) is 44.2 Å². The second kappa shape index (κ2) is 6.58. The average Bonchev–Trinajstić information content (AvgIpc) is 2.67. The zero-order chi connectivity index (χ0) is 15.4. The number of amides is 3. The molecule has 2 rings (SSSR count). The lowest BCUT2D eigenvalue weighted by Gasteiger charge is -2.13. The second-order valence-corrected chi connectivity index (χ2v) is 5.89. The van der Waals surface area contributed by atoms with Gasteiger partial charge >= 0.3 is 0 Å². The fourth-order valence-corrected chi connectivity index (χ4v) is 2.69. The topological polar surface area (TPSA) is 66.5 Å². The first-order valence-corrected chi connectivity index (χ1v) is 7.39. The van der Waals surface area contributed by atoms with Gasteiger partial charge in [0, 0.05) is 6.04 Å². The van der Waals surface area contributed by atoms with Crippen molar-refractivity contribution in [1.29, 1.82) is 0 Å². The van der Waals surface area contributed by atoms with E-state index in [4.69, 9.17) is 0 Å². The molecule has 5 nitrogen and oxygen atoms in total. The molecule has 3 amide bonds. The van der Waals surface area contributed by atoms with E-state index in [-0.39, 0.29) is 18.5 Å². The Kier molecular flexibility index (Phi) is 4.80. The van der Waals surface area contributed by atoms with Crippen molar-refractivity contribution in [3.05, 3.63) is 40.8 Å². The average molecular weight is 304 g/mol. The van der Waals surface area contributed by atoms with Crippen LogP contribution in [0.4, 0.5) is 4.79 Å². The molecule has 1 aromatic rings. The van der Waals surface area contributed by atoms with Crippen LogP contribution < -0.4 is 5.32 Å². The van der Waals surface area contributed by atoms with Crippen molar-refractivity contribution in [3.8, 4) is 0 Å². The summed E-state index contributed by atoms with van der Waals surface area (Å²) in [6, 6.07) is 9.24. The van der Waals surface area contributed by atoms with Crippen molar-refractivity contribution in [2.24, 2.45) is 0 Å². The highest BCUT2D eigenvalue weighted by atomic mass is 32.2. The molecular formula is C15H16N2O3S. The van der Waals surface area contributed by atoms with E-state index < -0.39 is 11.1 Å². The minimum absolute atomic E-state index is 0.0303. The summed E-state index contributed by atoms with van der Waals surface area (Å²) >= 11 is 0.856. The van der Waals surface area contributed by atoms with Gasteiger partial charge in [-0.25, -0.2) is 0 Å². The molecular weight excluding hydrogens is 288 g/mol. The maximum absolute atomic E-state index is 12.2. The van der Waals surface area contributed by atoms with E-state index in [0.717, 1.165) is 22.2 Å². The number of hydrogen-bond donors (Lipinski definition) is 1. The molecule has 0 unspecified atom stereocenters. The number of rotatable bonds is 4. The van der Waals surface area contributed by atoms with Crippen LogP contribution in [0.15, 0.2) is 35.2 Å². The van der Waals surface area contributed by atoms with Gasteiger partial charge in [-0.2, -0.15) is 0 Å². The van der Waals surface area contributed by atoms with Gasteiger partial charge in [-0.05, 0) is 37.2 Å². The SMILES string of the molecule is CC(C)NC(=O)CN1C(=O)S/C(=C/c2ccccc2)C1=O. The number of carbonyl (C=O) groups is 3. The number of nitrogens with one attached hydrogen (secondary N) is 1. The van der Waals surface area contributed by atoms with E-state index >= 15 is 0 Å². The van der Waals surface area contributed by atoms with Gasteiger partial charge in [-0.1, -0.05) is 30.3 Å². The van der Waals surface area contributed by atoms with Crippen LogP contribution >= 0.6 is 11.8 Å². The maximum Gasteiger partial charge on any atom is 0.294 e. The number of carbonyl (C=O) groups excluding carboxylic acids is 3. The Balaban J connectivity index is 2.10. The number of imide groups is 1. The zero-order valence-corrected chi connectivity index (χ0v) is 12.6. The largest absolute Gasteiger partial charge is 0.352 e. The number of hydrogen-bond acceptors (Lipinski definition) is 4.